The van der Waals surface area contributed by atoms with Crippen molar-refractivity contribution in [2.24, 2.45) is 10.8 Å². The maximum Gasteiger partial charge on any atom is 0.164 e. The minimum atomic E-state index is -0.337. The molecule has 0 spiro atoms. The van der Waals surface area contributed by atoms with Gasteiger partial charge in [0.2, 0.25) is 0 Å². The van der Waals surface area contributed by atoms with Gasteiger partial charge in [0.25, 0.3) is 0 Å². The predicted molar refractivity (Wildman–Crippen MR) is 208 cm³/mol. The first-order valence-electron chi connectivity index (χ1n) is 17.2. The number of furan rings is 1. The minimum Gasteiger partial charge on any atom is -0.512 e. The molecule has 0 bridgehead atoms. The van der Waals surface area contributed by atoms with E-state index in [2.05, 4.69) is 88.0 Å². The van der Waals surface area contributed by atoms with E-state index in [4.69, 9.17) is 9.40 Å². The number of aromatic nitrogens is 1. The number of aliphatic hydroxyl groups excluding tert-OH is 1. The second-order valence-corrected chi connectivity index (χ2v) is 14.7. The molecule has 263 valence electrons. The number of hydrogen-bond donors (Lipinski definition) is 2. The van der Waals surface area contributed by atoms with Crippen molar-refractivity contribution in [3.8, 4) is 11.3 Å². The molecule has 0 amide bonds. The fourth-order valence-corrected chi connectivity index (χ4v) is 6.06. The van der Waals surface area contributed by atoms with Crippen LogP contribution in [0.1, 0.15) is 106 Å². The molecular weight excluding hydrogens is 803 g/mol. The number of aliphatic hydroxyl groups is 1. The second kappa shape index (κ2) is 16.2. The van der Waals surface area contributed by atoms with E-state index in [-0.39, 0.29) is 47.9 Å². The molecule has 5 rings (SSSR count). The zero-order chi connectivity index (χ0) is 35.4. The van der Waals surface area contributed by atoms with E-state index in [1.54, 1.807) is 0 Å². The van der Waals surface area contributed by atoms with E-state index in [1.165, 1.54) is 17.0 Å². The number of carbonyl (C=O) groups is 1. The summed E-state index contributed by atoms with van der Waals surface area (Å²) in [5, 5.41) is 16.4. The maximum atomic E-state index is 12.2. The Balaban J connectivity index is 0.000000312. The molecule has 0 aliphatic rings. The molecule has 1 radical (unpaired) electrons. The Morgan fingerprint density at radius 1 is 0.878 bits per heavy atom. The van der Waals surface area contributed by atoms with Crippen molar-refractivity contribution < 1.29 is 34.4 Å². The van der Waals surface area contributed by atoms with Gasteiger partial charge in [-0.05, 0) is 66.7 Å². The van der Waals surface area contributed by atoms with Crippen LogP contribution in [0.25, 0.3) is 49.5 Å². The van der Waals surface area contributed by atoms with Crippen molar-refractivity contribution in [2.45, 2.75) is 100 Å². The molecule has 2 heterocycles. The van der Waals surface area contributed by atoms with E-state index in [0.717, 1.165) is 75.4 Å². The zero-order valence-electron chi connectivity index (χ0n) is 30.7. The smallest absolute Gasteiger partial charge is 0.164 e. The Kier molecular flexibility index (Phi) is 13.3. The van der Waals surface area contributed by atoms with Crippen molar-refractivity contribution in [3.05, 3.63) is 95.2 Å². The van der Waals surface area contributed by atoms with E-state index >= 15 is 0 Å². The molecule has 2 aromatic heterocycles. The molecule has 4 nitrogen and oxygen atoms in total. The molecule has 0 aliphatic carbocycles. The summed E-state index contributed by atoms with van der Waals surface area (Å²) in [7, 11) is 0. The number of nitrogens with zero attached hydrogens (tertiary/aromatic N) is 1. The summed E-state index contributed by atoms with van der Waals surface area (Å²) in [6.45, 7) is 20.9. The number of ketones is 1. The summed E-state index contributed by atoms with van der Waals surface area (Å²) < 4.78 is 6.23. The van der Waals surface area contributed by atoms with Crippen molar-refractivity contribution >= 4 is 56.7 Å². The van der Waals surface area contributed by atoms with Crippen LogP contribution in [-0.4, -0.2) is 15.9 Å². The average Bonchev–Trinajstić information content (AvgIpc) is 3.48. The quantitative estimate of drug-likeness (QED) is 0.0671. The van der Waals surface area contributed by atoms with Gasteiger partial charge in [0, 0.05) is 59.7 Å². The molecule has 0 fully saturated rings. The molecule has 0 saturated carbocycles. The third-order valence-electron chi connectivity index (χ3n) is 10.5. The number of benzene rings is 3. The number of pyridine rings is 1. The number of carbonyl (C=O) groups excluding carboxylic acids is 1. The molecule has 6 heteroatoms. The standard InChI is InChI=1S/C28H24NOS.C15H28O2.Ir/c1-17(16-31)18-9-10-22-25(15-18)30-24-11-12-29-27(26(22)24)20-13-19-7-5-6-8-21(19)23(14-20)28(2,3)4;1-7-14(5,8-2)12(16)11-13(17)15(6,9-3)10-4;/h5-12,14-16,31H,1-4H3;11,16H,7-10H2,1-6H3;/q-1;;/b17-16-;12-11-;. The Labute approximate surface area is 312 Å². The summed E-state index contributed by atoms with van der Waals surface area (Å²) in [4.78, 5) is 17.0. The number of hydrogen-bond acceptors (Lipinski definition) is 5. The summed E-state index contributed by atoms with van der Waals surface area (Å²) in [6, 6.07) is 22.6. The maximum absolute atomic E-state index is 12.2. The van der Waals surface area contributed by atoms with Gasteiger partial charge in [0.05, 0.1) is 0 Å². The summed E-state index contributed by atoms with van der Waals surface area (Å²) in [6.07, 6.45) is 6.57. The van der Waals surface area contributed by atoms with Crippen LogP contribution in [-0.2, 0) is 30.3 Å². The monoisotopic (exact) mass is 855 g/mol. The van der Waals surface area contributed by atoms with Gasteiger partial charge in [-0.25, -0.2) is 0 Å². The van der Waals surface area contributed by atoms with E-state index in [1.807, 2.05) is 66.1 Å². The third-order valence-corrected chi connectivity index (χ3v) is 10.9. The molecule has 0 saturated heterocycles. The third kappa shape index (κ3) is 8.42. The average molecular weight is 855 g/mol. The van der Waals surface area contributed by atoms with Gasteiger partial charge in [-0.2, -0.15) is 12.6 Å². The Morgan fingerprint density at radius 2 is 1.51 bits per heavy atom. The summed E-state index contributed by atoms with van der Waals surface area (Å²) >= 11 is 4.29. The molecule has 0 aliphatic heterocycles. The van der Waals surface area contributed by atoms with Crippen molar-refractivity contribution in [2.75, 3.05) is 0 Å². The van der Waals surface area contributed by atoms with Gasteiger partial charge in [-0.3, -0.25) is 9.78 Å². The normalized spacial score (nSPS) is 13.0. The van der Waals surface area contributed by atoms with E-state index < -0.39 is 0 Å². The van der Waals surface area contributed by atoms with E-state index in [0.29, 0.717) is 0 Å². The van der Waals surface area contributed by atoms with Gasteiger partial charge in [0.15, 0.2) is 5.78 Å². The molecule has 5 aromatic rings. The number of fused-ring (bicyclic) bond motifs is 4. The van der Waals surface area contributed by atoms with Crippen molar-refractivity contribution in [1.82, 2.24) is 4.98 Å². The Bertz CT molecular complexity index is 1990. The van der Waals surface area contributed by atoms with E-state index in [9.17, 15) is 9.90 Å². The Morgan fingerprint density at radius 3 is 2.10 bits per heavy atom. The van der Waals surface area contributed by atoms with Crippen LogP contribution in [0.3, 0.4) is 0 Å². The van der Waals surface area contributed by atoms with Crippen LogP contribution in [0.15, 0.2) is 82.5 Å². The molecule has 49 heavy (non-hydrogen) atoms. The first kappa shape index (κ1) is 40.3. The molecule has 0 atom stereocenters. The Hall–Kier alpha value is -3.18. The van der Waals surface area contributed by atoms with Gasteiger partial charge in [0.1, 0.15) is 16.9 Å². The van der Waals surface area contributed by atoms with Crippen LogP contribution < -0.4 is 0 Å². The number of rotatable bonds is 9. The van der Waals surface area contributed by atoms with Crippen molar-refractivity contribution in [3.63, 3.8) is 0 Å². The zero-order valence-corrected chi connectivity index (χ0v) is 34.0. The SMILES string of the molecule is C/C(=C/S)c1ccc2c(c1)oc1ccnc(-c3[c-]c4ccccc4c(C(C)(C)C)c3)c12.CCC(C)(CC)C(=O)/C=C(\O)C(C)(CC)CC.[Ir]. The predicted octanol–water partition coefficient (Wildman–Crippen LogP) is 12.8. The van der Waals surface area contributed by atoms with Crippen LogP contribution >= 0.6 is 12.6 Å². The van der Waals surface area contributed by atoms with Gasteiger partial charge in [-0.1, -0.05) is 104 Å². The molecule has 1 N–H and O–H groups in total. The van der Waals surface area contributed by atoms with Gasteiger partial charge >= 0.3 is 0 Å². The molecular formula is C43H52IrNO3S-. The van der Waals surface area contributed by atoms with Crippen LogP contribution in [0.2, 0.25) is 0 Å². The van der Waals surface area contributed by atoms with Gasteiger partial charge < -0.3 is 9.52 Å². The number of allylic oxidation sites excluding steroid dienone is 3. The molecule has 3 aromatic carbocycles. The fourth-order valence-electron chi connectivity index (χ4n) is 5.91. The van der Waals surface area contributed by atoms with Crippen LogP contribution in [0, 0.1) is 16.9 Å². The largest absolute Gasteiger partial charge is 0.512 e. The van der Waals surface area contributed by atoms with Crippen molar-refractivity contribution in [1.29, 1.82) is 0 Å². The first-order valence-corrected chi connectivity index (χ1v) is 17.7. The van der Waals surface area contributed by atoms with Crippen LogP contribution in [0.5, 0.6) is 0 Å². The van der Waals surface area contributed by atoms with Gasteiger partial charge in [-0.15, -0.1) is 29.1 Å². The summed E-state index contributed by atoms with van der Waals surface area (Å²) in [5.74, 6) is 0.286. The summed E-state index contributed by atoms with van der Waals surface area (Å²) in [5.41, 5.74) is 6.48. The minimum absolute atomic E-state index is 0. The fraction of sp³-hybridized carbons (Fsp3) is 0.395. The van der Waals surface area contributed by atoms with Crippen LogP contribution in [0.4, 0.5) is 0 Å². The number of thiol groups is 1. The molecule has 0 unspecified atom stereocenters. The topological polar surface area (TPSA) is 63.3 Å². The first-order chi connectivity index (χ1) is 22.7. The second-order valence-electron chi connectivity index (χ2n) is 14.5.